The van der Waals surface area contributed by atoms with Crippen molar-refractivity contribution in [1.29, 1.82) is 0 Å². The fourth-order valence-electron chi connectivity index (χ4n) is 6.40. The molecule has 0 nitrogen and oxygen atoms in total. The van der Waals surface area contributed by atoms with Gasteiger partial charge in [0.1, 0.15) is 0 Å². The van der Waals surface area contributed by atoms with E-state index in [1.54, 1.807) is 43.2 Å². The lowest BCUT2D eigenvalue weighted by Crippen LogP contribution is -2.47. The van der Waals surface area contributed by atoms with Gasteiger partial charge in [-0.1, -0.05) is 68.6 Å². The zero-order valence-electron chi connectivity index (χ0n) is 15.1. The molecule has 0 aliphatic heterocycles. The fraction of sp³-hybridized carbons (Fsp3) is 0.500. The van der Waals surface area contributed by atoms with E-state index in [1.165, 1.54) is 12.3 Å². The van der Waals surface area contributed by atoms with Crippen LogP contribution in [0.2, 0.25) is 0 Å². The molecule has 0 saturated heterocycles. The first-order valence-electron chi connectivity index (χ1n) is 10.2. The topological polar surface area (TPSA) is 0 Å². The standard InChI is InChI=1S/C24H29P/c1-3-7-18(8-4-1)16-25(17-19-9-5-2-6-10-19)24-22-12-20-11-21(14-22)15-23(24)13-20/h1-10,20-24H,11-17H2. The molecule has 25 heavy (non-hydrogen) atoms. The Morgan fingerprint density at radius 3 is 1.48 bits per heavy atom. The third kappa shape index (κ3) is 3.31. The predicted octanol–water partition coefficient (Wildman–Crippen LogP) is 6.69. The van der Waals surface area contributed by atoms with Gasteiger partial charge < -0.3 is 0 Å². The molecule has 4 fully saturated rings. The van der Waals surface area contributed by atoms with Crippen LogP contribution in [-0.4, -0.2) is 5.66 Å². The molecule has 0 radical (unpaired) electrons. The highest BCUT2D eigenvalue weighted by molar-refractivity contribution is 7.56. The van der Waals surface area contributed by atoms with Crippen molar-refractivity contribution in [2.75, 3.05) is 0 Å². The minimum absolute atomic E-state index is 0.0369. The number of benzene rings is 2. The Kier molecular flexibility index (Phi) is 4.42. The van der Waals surface area contributed by atoms with Crippen LogP contribution in [0.5, 0.6) is 0 Å². The summed E-state index contributed by atoms with van der Waals surface area (Å²) in [5, 5.41) is 0. The van der Waals surface area contributed by atoms with Crippen LogP contribution in [0.25, 0.3) is 0 Å². The Hall–Kier alpha value is -1.13. The highest BCUT2D eigenvalue weighted by atomic mass is 31.1. The van der Waals surface area contributed by atoms with E-state index < -0.39 is 0 Å². The van der Waals surface area contributed by atoms with Crippen LogP contribution >= 0.6 is 7.92 Å². The van der Waals surface area contributed by atoms with Gasteiger partial charge in [-0.05, 0) is 84.9 Å². The average Bonchev–Trinajstić information content (AvgIpc) is 2.62. The van der Waals surface area contributed by atoms with Gasteiger partial charge in [0.2, 0.25) is 0 Å². The summed E-state index contributed by atoms with van der Waals surface area (Å²) in [5.41, 5.74) is 4.17. The van der Waals surface area contributed by atoms with Gasteiger partial charge in [0.25, 0.3) is 0 Å². The molecule has 1 heteroatoms. The summed E-state index contributed by atoms with van der Waals surface area (Å²) >= 11 is 0. The number of hydrogen-bond acceptors (Lipinski definition) is 0. The molecule has 0 heterocycles. The maximum absolute atomic E-state index is 2.36. The minimum Gasteiger partial charge on any atom is -0.0940 e. The molecular formula is C24H29P. The molecule has 0 amide bonds. The van der Waals surface area contributed by atoms with E-state index in [0.717, 1.165) is 29.3 Å². The van der Waals surface area contributed by atoms with Crippen molar-refractivity contribution in [2.45, 2.75) is 50.1 Å². The first kappa shape index (κ1) is 16.1. The van der Waals surface area contributed by atoms with Crippen LogP contribution in [0.3, 0.4) is 0 Å². The number of rotatable bonds is 5. The second-order valence-electron chi connectivity index (χ2n) is 8.80. The summed E-state index contributed by atoms with van der Waals surface area (Å²) in [7, 11) is 0.0369. The summed E-state index contributed by atoms with van der Waals surface area (Å²) in [4.78, 5) is 0. The van der Waals surface area contributed by atoms with Gasteiger partial charge in [-0.15, -0.1) is 0 Å². The third-order valence-electron chi connectivity index (χ3n) is 7.06. The van der Waals surface area contributed by atoms with Crippen LogP contribution in [0.1, 0.15) is 43.2 Å². The molecule has 0 aromatic heterocycles. The Bertz CT molecular complexity index is 623. The van der Waals surface area contributed by atoms with E-state index in [-0.39, 0.29) is 7.92 Å². The predicted molar refractivity (Wildman–Crippen MR) is 108 cm³/mol. The largest absolute Gasteiger partial charge is 0.0940 e. The zero-order valence-corrected chi connectivity index (χ0v) is 16.0. The zero-order chi connectivity index (χ0) is 16.6. The molecule has 2 aromatic carbocycles. The van der Waals surface area contributed by atoms with E-state index in [2.05, 4.69) is 60.7 Å². The molecule has 0 spiro atoms. The van der Waals surface area contributed by atoms with Gasteiger partial charge in [0.15, 0.2) is 0 Å². The van der Waals surface area contributed by atoms with E-state index in [9.17, 15) is 0 Å². The molecule has 6 rings (SSSR count). The average molecular weight is 348 g/mol. The Labute approximate surface area is 153 Å². The van der Waals surface area contributed by atoms with Gasteiger partial charge in [-0.3, -0.25) is 0 Å². The van der Waals surface area contributed by atoms with Crippen LogP contribution in [0.4, 0.5) is 0 Å². The van der Waals surface area contributed by atoms with Gasteiger partial charge >= 0.3 is 0 Å². The highest BCUT2D eigenvalue weighted by Gasteiger charge is 2.50. The van der Waals surface area contributed by atoms with Gasteiger partial charge in [-0.25, -0.2) is 0 Å². The molecule has 0 N–H and O–H groups in total. The molecule has 130 valence electrons. The molecule has 0 unspecified atom stereocenters. The third-order valence-corrected chi connectivity index (χ3v) is 10.3. The lowest BCUT2D eigenvalue weighted by atomic mass is 9.56. The normalized spacial score (nSPS) is 33.1. The molecule has 4 saturated carbocycles. The van der Waals surface area contributed by atoms with Gasteiger partial charge in [0, 0.05) is 0 Å². The molecule has 2 aromatic rings. The minimum atomic E-state index is 0.0369. The molecule has 4 aliphatic carbocycles. The summed E-state index contributed by atoms with van der Waals surface area (Å²) in [5.74, 6) is 4.28. The van der Waals surface area contributed by atoms with Crippen molar-refractivity contribution in [3.63, 3.8) is 0 Å². The van der Waals surface area contributed by atoms with Crippen molar-refractivity contribution in [1.82, 2.24) is 0 Å². The maximum Gasteiger partial charge on any atom is -0.00674 e. The fourth-order valence-corrected chi connectivity index (χ4v) is 9.97. The maximum atomic E-state index is 2.36. The van der Waals surface area contributed by atoms with E-state index in [4.69, 9.17) is 0 Å². The first-order valence-corrected chi connectivity index (χ1v) is 11.9. The van der Waals surface area contributed by atoms with Crippen molar-refractivity contribution in [3.8, 4) is 0 Å². The molecule has 4 aliphatic rings. The van der Waals surface area contributed by atoms with Crippen LogP contribution in [0, 0.1) is 23.7 Å². The second kappa shape index (κ2) is 6.88. The van der Waals surface area contributed by atoms with Crippen LogP contribution in [-0.2, 0) is 12.3 Å². The molecular weight excluding hydrogens is 319 g/mol. The van der Waals surface area contributed by atoms with Gasteiger partial charge in [-0.2, -0.15) is 0 Å². The Balaban J connectivity index is 1.42. The van der Waals surface area contributed by atoms with Crippen molar-refractivity contribution in [3.05, 3.63) is 71.8 Å². The van der Waals surface area contributed by atoms with E-state index in [1.807, 2.05) is 0 Å². The van der Waals surface area contributed by atoms with Crippen LogP contribution < -0.4 is 0 Å². The molecule has 4 bridgehead atoms. The van der Waals surface area contributed by atoms with E-state index in [0.29, 0.717) is 0 Å². The Morgan fingerprint density at radius 1 is 0.600 bits per heavy atom. The Morgan fingerprint density at radius 2 is 1.04 bits per heavy atom. The van der Waals surface area contributed by atoms with Crippen molar-refractivity contribution < 1.29 is 0 Å². The number of hydrogen-bond donors (Lipinski definition) is 0. The van der Waals surface area contributed by atoms with Crippen LogP contribution in [0.15, 0.2) is 60.7 Å². The van der Waals surface area contributed by atoms with E-state index >= 15 is 0 Å². The highest BCUT2D eigenvalue weighted by Crippen LogP contribution is 2.65. The smallest absolute Gasteiger partial charge is 0.00674 e. The monoisotopic (exact) mass is 348 g/mol. The summed E-state index contributed by atoms with van der Waals surface area (Å²) < 4.78 is 0. The lowest BCUT2D eigenvalue weighted by molar-refractivity contribution is 0.0246. The first-order chi connectivity index (χ1) is 12.3. The summed E-state index contributed by atoms with van der Waals surface area (Å²) in [6.45, 7) is 0. The van der Waals surface area contributed by atoms with Crippen molar-refractivity contribution >= 4 is 7.92 Å². The SMILES string of the molecule is c1ccc(CP(Cc2ccccc2)C2C3CC4CC(C3)CC2C4)cc1. The summed E-state index contributed by atoms with van der Waals surface area (Å²) in [6.07, 6.45) is 10.4. The second-order valence-corrected chi connectivity index (χ2v) is 11.2. The summed E-state index contributed by atoms with van der Waals surface area (Å²) in [6, 6.07) is 22.6. The molecule has 0 atom stereocenters. The quantitative estimate of drug-likeness (QED) is 0.528. The van der Waals surface area contributed by atoms with Gasteiger partial charge in [0.05, 0.1) is 0 Å². The lowest BCUT2D eigenvalue weighted by Gasteiger charge is -2.56. The van der Waals surface area contributed by atoms with Crippen molar-refractivity contribution in [2.24, 2.45) is 23.7 Å².